The Labute approximate surface area is 176 Å². The van der Waals surface area contributed by atoms with Crippen molar-refractivity contribution in [2.45, 2.75) is 26.8 Å². The van der Waals surface area contributed by atoms with E-state index in [1.807, 2.05) is 56.5 Å². The van der Waals surface area contributed by atoms with Crippen LogP contribution in [0.4, 0.5) is 5.69 Å². The minimum absolute atomic E-state index is 0.0124. The van der Waals surface area contributed by atoms with Crippen LogP contribution in [0.2, 0.25) is 0 Å². The quantitative estimate of drug-likeness (QED) is 0.731. The molecule has 2 amide bonds. The summed E-state index contributed by atoms with van der Waals surface area (Å²) in [6.07, 6.45) is 0. The highest BCUT2D eigenvalue weighted by molar-refractivity contribution is 7.10. The van der Waals surface area contributed by atoms with Crippen molar-refractivity contribution in [3.8, 4) is 0 Å². The van der Waals surface area contributed by atoms with Crippen LogP contribution < -0.4 is 10.6 Å². The Morgan fingerprint density at radius 1 is 0.966 bits per heavy atom. The van der Waals surface area contributed by atoms with E-state index in [1.165, 1.54) is 0 Å². The van der Waals surface area contributed by atoms with Crippen LogP contribution in [0.1, 0.15) is 29.0 Å². The molecule has 29 heavy (non-hydrogen) atoms. The smallest absolute Gasteiger partial charge is 0.238 e. The van der Waals surface area contributed by atoms with Gasteiger partial charge < -0.3 is 10.6 Å². The van der Waals surface area contributed by atoms with Gasteiger partial charge in [0.05, 0.1) is 19.1 Å². The molecule has 1 fully saturated rings. The number of carbonyl (C=O) groups is 2. The SMILES string of the molecule is Cc1cccc(C)c1NC(=O)CN1CCN(CC(=O)N[C@@H](C)c2cccs2)CC1. The molecule has 0 bridgehead atoms. The number of hydrogen-bond acceptors (Lipinski definition) is 5. The molecule has 2 N–H and O–H groups in total. The molecule has 0 saturated carbocycles. The van der Waals surface area contributed by atoms with Crippen molar-refractivity contribution in [3.05, 3.63) is 51.7 Å². The van der Waals surface area contributed by atoms with Gasteiger partial charge in [0.25, 0.3) is 0 Å². The number of piperazine rings is 1. The lowest BCUT2D eigenvalue weighted by molar-refractivity contribution is -0.124. The van der Waals surface area contributed by atoms with Gasteiger partial charge in [0.1, 0.15) is 0 Å². The number of nitrogens with one attached hydrogen (secondary N) is 2. The van der Waals surface area contributed by atoms with Gasteiger partial charge >= 0.3 is 0 Å². The summed E-state index contributed by atoms with van der Waals surface area (Å²) in [5.74, 6) is 0.0606. The van der Waals surface area contributed by atoms with Gasteiger partial charge in [0.15, 0.2) is 0 Å². The molecular weight excluding hydrogens is 384 g/mol. The summed E-state index contributed by atoms with van der Waals surface area (Å²) in [6.45, 7) is 9.95. The zero-order valence-electron chi connectivity index (χ0n) is 17.4. The van der Waals surface area contributed by atoms with Gasteiger partial charge in [0.2, 0.25) is 11.8 Å². The Morgan fingerprint density at radius 2 is 1.55 bits per heavy atom. The number of amides is 2. The van der Waals surface area contributed by atoms with Gasteiger partial charge in [-0.25, -0.2) is 0 Å². The van der Waals surface area contributed by atoms with Crippen molar-refractivity contribution in [3.63, 3.8) is 0 Å². The van der Waals surface area contributed by atoms with Gasteiger partial charge in [-0.15, -0.1) is 11.3 Å². The maximum atomic E-state index is 12.4. The molecule has 0 radical (unpaired) electrons. The van der Waals surface area contributed by atoms with Gasteiger partial charge in [-0.2, -0.15) is 0 Å². The Balaban J connectivity index is 1.40. The van der Waals surface area contributed by atoms with E-state index in [4.69, 9.17) is 0 Å². The number of nitrogens with zero attached hydrogens (tertiary/aromatic N) is 2. The van der Waals surface area contributed by atoms with E-state index < -0.39 is 0 Å². The molecule has 1 aromatic heterocycles. The van der Waals surface area contributed by atoms with E-state index >= 15 is 0 Å². The Morgan fingerprint density at radius 3 is 2.10 bits per heavy atom. The first-order valence-corrected chi connectivity index (χ1v) is 10.9. The van der Waals surface area contributed by atoms with Crippen LogP contribution in [0, 0.1) is 13.8 Å². The van der Waals surface area contributed by atoms with Crippen molar-refractivity contribution < 1.29 is 9.59 Å². The maximum absolute atomic E-state index is 12.4. The molecule has 0 aliphatic carbocycles. The van der Waals surface area contributed by atoms with E-state index in [0.29, 0.717) is 13.1 Å². The number of hydrogen-bond donors (Lipinski definition) is 2. The van der Waals surface area contributed by atoms with E-state index in [0.717, 1.165) is 47.9 Å². The van der Waals surface area contributed by atoms with Gasteiger partial charge in [-0.3, -0.25) is 19.4 Å². The first-order chi connectivity index (χ1) is 13.9. The number of carbonyl (C=O) groups excluding carboxylic acids is 2. The summed E-state index contributed by atoms with van der Waals surface area (Å²) in [7, 11) is 0. The van der Waals surface area contributed by atoms with Crippen LogP contribution >= 0.6 is 11.3 Å². The second-order valence-corrected chi connectivity index (χ2v) is 8.65. The van der Waals surface area contributed by atoms with Crippen LogP contribution in [-0.2, 0) is 9.59 Å². The largest absolute Gasteiger partial charge is 0.348 e. The third-order valence-electron chi connectivity index (χ3n) is 5.29. The lowest BCUT2D eigenvalue weighted by Gasteiger charge is -2.34. The maximum Gasteiger partial charge on any atom is 0.238 e. The molecule has 1 atom stereocenters. The van der Waals surface area contributed by atoms with Crippen LogP contribution in [0.5, 0.6) is 0 Å². The number of para-hydroxylation sites is 1. The summed E-state index contributed by atoms with van der Waals surface area (Å²) in [6, 6.07) is 10.1. The molecule has 0 unspecified atom stereocenters. The topological polar surface area (TPSA) is 64.7 Å². The molecule has 7 heteroatoms. The fourth-order valence-corrected chi connectivity index (χ4v) is 4.33. The predicted molar refractivity (Wildman–Crippen MR) is 118 cm³/mol. The predicted octanol–water partition coefficient (Wildman–Crippen LogP) is 2.80. The van der Waals surface area contributed by atoms with Crippen LogP contribution in [0.3, 0.4) is 0 Å². The normalized spacial score (nSPS) is 16.4. The van der Waals surface area contributed by atoms with E-state index in [2.05, 4.69) is 20.4 Å². The molecule has 1 aliphatic rings. The molecule has 0 spiro atoms. The van der Waals surface area contributed by atoms with Crippen molar-refractivity contribution in [1.29, 1.82) is 0 Å². The zero-order chi connectivity index (χ0) is 20.8. The summed E-state index contributed by atoms with van der Waals surface area (Å²) < 4.78 is 0. The highest BCUT2D eigenvalue weighted by atomic mass is 32.1. The van der Waals surface area contributed by atoms with E-state index in [-0.39, 0.29) is 17.9 Å². The standard InChI is InChI=1S/C22H30N4O2S/c1-16-6-4-7-17(2)22(16)24-21(28)15-26-11-9-25(10-12-26)14-20(27)23-18(3)19-8-5-13-29-19/h4-8,13,18H,9-12,14-15H2,1-3H3,(H,23,27)(H,24,28)/t18-/m0/s1. The molecule has 2 aromatic rings. The second kappa shape index (κ2) is 10.0. The molecule has 2 heterocycles. The van der Waals surface area contributed by atoms with E-state index in [1.54, 1.807) is 11.3 Å². The number of anilines is 1. The summed E-state index contributed by atoms with van der Waals surface area (Å²) in [4.78, 5) is 30.2. The minimum atomic E-state index is 0.0124. The lowest BCUT2D eigenvalue weighted by atomic mass is 10.1. The van der Waals surface area contributed by atoms with E-state index in [9.17, 15) is 9.59 Å². The second-order valence-electron chi connectivity index (χ2n) is 7.67. The monoisotopic (exact) mass is 414 g/mol. The van der Waals surface area contributed by atoms with Crippen LogP contribution in [0.15, 0.2) is 35.7 Å². The third-order valence-corrected chi connectivity index (χ3v) is 6.35. The fourth-order valence-electron chi connectivity index (χ4n) is 3.60. The average molecular weight is 415 g/mol. The summed E-state index contributed by atoms with van der Waals surface area (Å²) in [5.41, 5.74) is 3.06. The lowest BCUT2D eigenvalue weighted by Crippen LogP contribution is -2.51. The average Bonchev–Trinajstić information content (AvgIpc) is 3.21. The Hall–Kier alpha value is -2.22. The Bertz CT molecular complexity index is 809. The van der Waals surface area contributed by atoms with Crippen molar-refractivity contribution >= 4 is 28.8 Å². The summed E-state index contributed by atoms with van der Waals surface area (Å²) in [5, 5.41) is 8.13. The first kappa shape index (κ1) is 21.5. The molecule has 1 aromatic carbocycles. The molecule has 6 nitrogen and oxygen atoms in total. The number of aryl methyl sites for hydroxylation is 2. The van der Waals surface area contributed by atoms with Gasteiger partial charge in [0, 0.05) is 36.7 Å². The Kier molecular flexibility index (Phi) is 7.41. The zero-order valence-corrected chi connectivity index (χ0v) is 18.2. The summed E-state index contributed by atoms with van der Waals surface area (Å²) >= 11 is 1.65. The van der Waals surface area contributed by atoms with Crippen molar-refractivity contribution in [2.75, 3.05) is 44.6 Å². The fraction of sp³-hybridized carbons (Fsp3) is 0.455. The first-order valence-electron chi connectivity index (χ1n) is 10.1. The molecule has 156 valence electrons. The highest BCUT2D eigenvalue weighted by Crippen LogP contribution is 2.19. The van der Waals surface area contributed by atoms with Crippen LogP contribution in [0.25, 0.3) is 0 Å². The highest BCUT2D eigenvalue weighted by Gasteiger charge is 2.21. The van der Waals surface area contributed by atoms with Gasteiger partial charge in [-0.1, -0.05) is 24.3 Å². The minimum Gasteiger partial charge on any atom is -0.348 e. The number of rotatable bonds is 7. The number of thiophene rings is 1. The number of benzene rings is 1. The molecule has 1 saturated heterocycles. The molecular formula is C22H30N4O2S. The third kappa shape index (κ3) is 6.13. The van der Waals surface area contributed by atoms with Crippen molar-refractivity contribution in [2.24, 2.45) is 0 Å². The molecule has 1 aliphatic heterocycles. The van der Waals surface area contributed by atoms with Crippen LogP contribution in [-0.4, -0.2) is 60.9 Å². The molecule has 3 rings (SSSR count). The van der Waals surface area contributed by atoms with Gasteiger partial charge in [-0.05, 0) is 43.3 Å². The van der Waals surface area contributed by atoms with Crippen molar-refractivity contribution in [1.82, 2.24) is 15.1 Å².